The van der Waals surface area contributed by atoms with Gasteiger partial charge in [0.2, 0.25) is 5.91 Å². The summed E-state index contributed by atoms with van der Waals surface area (Å²) in [6.07, 6.45) is 0. The zero-order valence-corrected chi connectivity index (χ0v) is 31.7. The van der Waals surface area contributed by atoms with Crippen molar-refractivity contribution in [3.05, 3.63) is 24.3 Å². The molecule has 1 aromatic carbocycles. The maximum atomic E-state index is 11.5. The molecule has 1 rings (SSSR count). The van der Waals surface area contributed by atoms with E-state index in [-0.39, 0.29) is 12.5 Å². The van der Waals surface area contributed by atoms with Crippen molar-refractivity contribution in [1.29, 1.82) is 0 Å². The maximum Gasteiger partial charge on any atom is 0.332 e. The number of rotatable bonds is 37. The maximum absolute atomic E-state index is 11.5. The Bertz CT molecular complexity index is 962. The van der Waals surface area contributed by atoms with Gasteiger partial charge < -0.3 is 66.9 Å². The van der Waals surface area contributed by atoms with Crippen molar-refractivity contribution in [3.8, 4) is 5.75 Å². The lowest BCUT2D eigenvalue weighted by molar-refractivity contribution is -0.160. The van der Waals surface area contributed by atoms with E-state index in [1.165, 1.54) is 6.92 Å². The van der Waals surface area contributed by atoms with Gasteiger partial charge in [-0.2, -0.15) is 0 Å². The van der Waals surface area contributed by atoms with Crippen molar-refractivity contribution in [2.45, 2.75) is 33.3 Å². The standard InChI is InChI=1S/C36H63NO15/c1-32(38)37-33-5-7-34(8-6-33)51-30-29-49-26-25-47-22-21-45-18-17-43-14-13-41-10-9-40-11-12-42-15-16-44-19-20-46-23-24-48-27-28-50-31-35(39)52-36(2,3)4/h5-8H,9-31H2,1-4H3,(H,37,38). The second kappa shape index (κ2) is 34.3. The molecule has 0 bridgehead atoms. The molecule has 0 saturated carbocycles. The van der Waals surface area contributed by atoms with Gasteiger partial charge in [0, 0.05) is 12.6 Å². The summed E-state index contributed by atoms with van der Waals surface area (Å²) in [6.45, 7) is 16.9. The van der Waals surface area contributed by atoms with Crippen molar-refractivity contribution in [1.82, 2.24) is 0 Å². The number of amides is 1. The molecule has 0 aliphatic heterocycles. The Morgan fingerprint density at radius 3 is 1.04 bits per heavy atom. The van der Waals surface area contributed by atoms with E-state index in [1.807, 2.05) is 20.8 Å². The van der Waals surface area contributed by atoms with Crippen molar-refractivity contribution in [3.63, 3.8) is 0 Å². The highest BCUT2D eigenvalue weighted by molar-refractivity contribution is 5.88. The Hall–Kier alpha value is -2.48. The van der Waals surface area contributed by atoms with Gasteiger partial charge in [0.1, 0.15) is 24.6 Å². The van der Waals surface area contributed by atoms with E-state index in [4.69, 9.17) is 61.6 Å². The lowest BCUT2D eigenvalue weighted by Crippen LogP contribution is -2.27. The number of ether oxygens (including phenoxy) is 13. The number of carbonyl (C=O) groups is 2. The van der Waals surface area contributed by atoms with E-state index in [0.717, 1.165) is 5.69 Å². The first-order valence-corrected chi connectivity index (χ1v) is 17.8. The molecule has 0 aliphatic rings. The van der Waals surface area contributed by atoms with E-state index in [0.29, 0.717) is 151 Å². The SMILES string of the molecule is CC(=O)Nc1ccc(OCCOCCOCCOCCOCCOCCOCCOCCOCCOCCOCCOCC(=O)OC(C)(C)C)cc1. The summed E-state index contributed by atoms with van der Waals surface area (Å²) in [5.41, 5.74) is 0.212. The highest BCUT2D eigenvalue weighted by atomic mass is 16.6. The Balaban J connectivity index is 1.66. The minimum absolute atomic E-state index is 0.0878. The number of benzene rings is 1. The van der Waals surface area contributed by atoms with Crippen molar-refractivity contribution < 1.29 is 71.2 Å². The van der Waals surface area contributed by atoms with Crippen molar-refractivity contribution in [2.24, 2.45) is 0 Å². The van der Waals surface area contributed by atoms with Gasteiger partial charge in [-0.25, -0.2) is 4.79 Å². The predicted molar refractivity (Wildman–Crippen MR) is 191 cm³/mol. The largest absolute Gasteiger partial charge is 0.491 e. The molecular weight excluding hydrogens is 686 g/mol. The molecule has 0 aliphatic carbocycles. The third-order valence-corrected chi connectivity index (χ3v) is 6.03. The molecule has 1 N–H and O–H groups in total. The fourth-order valence-electron chi connectivity index (χ4n) is 3.78. The smallest absolute Gasteiger partial charge is 0.332 e. The zero-order chi connectivity index (χ0) is 37.8. The average Bonchev–Trinajstić information content (AvgIpc) is 3.09. The summed E-state index contributed by atoms with van der Waals surface area (Å²) in [7, 11) is 0. The van der Waals surface area contributed by atoms with Crippen LogP contribution in [-0.4, -0.2) is 169 Å². The molecule has 302 valence electrons. The van der Waals surface area contributed by atoms with Crippen LogP contribution >= 0.6 is 0 Å². The van der Waals surface area contributed by atoms with E-state index in [1.54, 1.807) is 24.3 Å². The van der Waals surface area contributed by atoms with Crippen LogP contribution in [0.2, 0.25) is 0 Å². The fraction of sp³-hybridized carbons (Fsp3) is 0.778. The van der Waals surface area contributed by atoms with E-state index in [9.17, 15) is 9.59 Å². The molecule has 0 radical (unpaired) electrons. The van der Waals surface area contributed by atoms with E-state index >= 15 is 0 Å². The van der Waals surface area contributed by atoms with Gasteiger partial charge in [-0.05, 0) is 45.0 Å². The Morgan fingerprint density at radius 1 is 0.462 bits per heavy atom. The molecule has 52 heavy (non-hydrogen) atoms. The third kappa shape index (κ3) is 34.6. The number of nitrogens with one attached hydrogen (secondary N) is 1. The monoisotopic (exact) mass is 749 g/mol. The first-order valence-electron chi connectivity index (χ1n) is 17.8. The first kappa shape index (κ1) is 47.5. The number of carbonyl (C=O) groups excluding carboxylic acids is 2. The summed E-state index contributed by atoms with van der Waals surface area (Å²) in [5.74, 6) is 0.210. The Morgan fingerprint density at radius 2 is 0.750 bits per heavy atom. The van der Waals surface area contributed by atoms with Crippen LogP contribution in [0, 0.1) is 0 Å². The average molecular weight is 750 g/mol. The van der Waals surface area contributed by atoms with Crippen LogP contribution in [-0.2, 0) is 66.4 Å². The summed E-state index contributed by atoms with van der Waals surface area (Å²) >= 11 is 0. The summed E-state index contributed by atoms with van der Waals surface area (Å²) in [4.78, 5) is 22.5. The topological polar surface area (TPSA) is 166 Å². The van der Waals surface area contributed by atoms with Gasteiger partial charge in [0.05, 0.1) is 139 Å². The summed E-state index contributed by atoms with van der Waals surface area (Å²) in [5, 5.41) is 2.71. The predicted octanol–water partition coefficient (Wildman–Crippen LogP) is 2.55. The minimum atomic E-state index is -0.516. The van der Waals surface area contributed by atoms with Gasteiger partial charge >= 0.3 is 5.97 Å². The number of esters is 1. The van der Waals surface area contributed by atoms with Crippen molar-refractivity contribution in [2.75, 3.05) is 157 Å². The van der Waals surface area contributed by atoms with Crippen LogP contribution in [0.25, 0.3) is 0 Å². The molecule has 0 heterocycles. The minimum Gasteiger partial charge on any atom is -0.491 e. The van der Waals surface area contributed by atoms with Crippen LogP contribution in [0.1, 0.15) is 27.7 Å². The van der Waals surface area contributed by atoms with Gasteiger partial charge in [-0.1, -0.05) is 0 Å². The highest BCUT2D eigenvalue weighted by Crippen LogP contribution is 2.15. The lowest BCUT2D eigenvalue weighted by Gasteiger charge is -2.19. The van der Waals surface area contributed by atoms with Crippen LogP contribution in [0.4, 0.5) is 5.69 Å². The van der Waals surface area contributed by atoms with Gasteiger partial charge in [0.25, 0.3) is 0 Å². The number of hydrogen-bond donors (Lipinski definition) is 1. The molecule has 0 atom stereocenters. The van der Waals surface area contributed by atoms with Crippen LogP contribution in [0.15, 0.2) is 24.3 Å². The quantitative estimate of drug-likeness (QED) is 0.0779. The Kier molecular flexibility index (Phi) is 31.4. The molecule has 0 saturated heterocycles. The number of hydrogen-bond acceptors (Lipinski definition) is 15. The van der Waals surface area contributed by atoms with Crippen molar-refractivity contribution >= 4 is 17.6 Å². The molecule has 1 aromatic rings. The summed E-state index contributed by atoms with van der Waals surface area (Å²) < 4.78 is 70.6. The van der Waals surface area contributed by atoms with Gasteiger partial charge in [-0.15, -0.1) is 0 Å². The molecule has 16 nitrogen and oxygen atoms in total. The number of anilines is 1. The van der Waals surface area contributed by atoms with Crippen LogP contribution in [0.3, 0.4) is 0 Å². The van der Waals surface area contributed by atoms with Crippen LogP contribution in [0.5, 0.6) is 5.75 Å². The Labute approximate surface area is 309 Å². The molecule has 0 spiro atoms. The van der Waals surface area contributed by atoms with E-state index in [2.05, 4.69) is 5.32 Å². The van der Waals surface area contributed by atoms with E-state index < -0.39 is 11.6 Å². The molecule has 1 amide bonds. The lowest BCUT2D eigenvalue weighted by atomic mass is 10.2. The molecule has 0 fully saturated rings. The highest BCUT2D eigenvalue weighted by Gasteiger charge is 2.15. The molecular formula is C36H63NO15. The third-order valence-electron chi connectivity index (χ3n) is 6.03. The fourth-order valence-corrected chi connectivity index (χ4v) is 3.78. The normalized spacial score (nSPS) is 11.5. The van der Waals surface area contributed by atoms with Gasteiger partial charge in [-0.3, -0.25) is 4.79 Å². The zero-order valence-electron chi connectivity index (χ0n) is 31.7. The first-order chi connectivity index (χ1) is 25.3. The molecule has 0 unspecified atom stereocenters. The summed E-state index contributed by atoms with van der Waals surface area (Å²) in [6, 6.07) is 7.16. The second-order valence-corrected chi connectivity index (χ2v) is 11.8. The second-order valence-electron chi connectivity index (χ2n) is 11.8. The molecule has 16 heteroatoms. The molecule has 0 aromatic heterocycles. The van der Waals surface area contributed by atoms with Gasteiger partial charge in [0.15, 0.2) is 0 Å². The van der Waals surface area contributed by atoms with Crippen LogP contribution < -0.4 is 10.1 Å².